The second-order valence-corrected chi connectivity index (χ2v) is 5.69. The van der Waals surface area contributed by atoms with Crippen molar-refractivity contribution in [3.63, 3.8) is 0 Å². The molecule has 0 aromatic heterocycles. The first kappa shape index (κ1) is 15.0. The van der Waals surface area contributed by atoms with Crippen LogP contribution in [0.5, 0.6) is 0 Å². The third-order valence-corrected chi connectivity index (χ3v) is 4.33. The van der Waals surface area contributed by atoms with Crippen molar-refractivity contribution in [2.24, 2.45) is 5.73 Å². The number of likely N-dealkylation sites (N-methyl/N-ethyl adjacent to an activating group) is 1. The largest absolute Gasteiger partial charge is 0.342 e. The molecule has 1 heterocycles. The van der Waals surface area contributed by atoms with E-state index in [-0.39, 0.29) is 12.5 Å². The SMILES string of the molecule is C[C@@H]1C[C@@H](N(C)C(=O)CN)CCN1Cc1ccccc1. The maximum Gasteiger partial charge on any atom is 0.236 e. The van der Waals surface area contributed by atoms with Crippen LogP contribution < -0.4 is 5.73 Å². The van der Waals surface area contributed by atoms with Crippen LogP contribution in [0.4, 0.5) is 0 Å². The highest BCUT2D eigenvalue weighted by atomic mass is 16.2. The Morgan fingerprint density at radius 2 is 2.10 bits per heavy atom. The number of hydrogen-bond acceptors (Lipinski definition) is 3. The molecule has 1 aromatic carbocycles. The van der Waals surface area contributed by atoms with Gasteiger partial charge in [0.2, 0.25) is 5.91 Å². The minimum Gasteiger partial charge on any atom is -0.342 e. The molecule has 1 amide bonds. The molecule has 4 nitrogen and oxygen atoms in total. The summed E-state index contributed by atoms with van der Waals surface area (Å²) in [6.07, 6.45) is 2.05. The summed E-state index contributed by atoms with van der Waals surface area (Å²) < 4.78 is 0. The van der Waals surface area contributed by atoms with Crippen molar-refractivity contribution in [2.75, 3.05) is 20.1 Å². The Hall–Kier alpha value is -1.39. The Labute approximate surface area is 121 Å². The fourth-order valence-corrected chi connectivity index (χ4v) is 2.95. The van der Waals surface area contributed by atoms with E-state index in [9.17, 15) is 4.79 Å². The quantitative estimate of drug-likeness (QED) is 0.905. The lowest BCUT2D eigenvalue weighted by molar-refractivity contribution is -0.131. The minimum absolute atomic E-state index is 0.0405. The summed E-state index contributed by atoms with van der Waals surface area (Å²) in [7, 11) is 1.87. The molecule has 0 radical (unpaired) electrons. The maximum atomic E-state index is 11.7. The number of benzene rings is 1. The zero-order valence-electron chi connectivity index (χ0n) is 12.5. The first-order valence-corrected chi connectivity index (χ1v) is 7.35. The first-order chi connectivity index (χ1) is 9.61. The van der Waals surface area contributed by atoms with E-state index in [0.717, 1.165) is 25.9 Å². The zero-order chi connectivity index (χ0) is 14.5. The molecule has 1 saturated heterocycles. The maximum absolute atomic E-state index is 11.7. The van der Waals surface area contributed by atoms with Crippen molar-refractivity contribution < 1.29 is 4.79 Å². The molecule has 0 saturated carbocycles. The highest BCUT2D eigenvalue weighted by Crippen LogP contribution is 2.22. The number of piperidine rings is 1. The van der Waals surface area contributed by atoms with Gasteiger partial charge in [0, 0.05) is 32.2 Å². The van der Waals surface area contributed by atoms with Crippen LogP contribution in [0, 0.1) is 0 Å². The predicted octanol–water partition coefficient (Wildman–Crippen LogP) is 1.46. The fraction of sp³-hybridized carbons (Fsp3) is 0.562. The minimum atomic E-state index is 0.0405. The molecule has 1 aromatic rings. The van der Waals surface area contributed by atoms with Crippen LogP contribution in [0.3, 0.4) is 0 Å². The van der Waals surface area contributed by atoms with Crippen molar-refractivity contribution in [3.05, 3.63) is 35.9 Å². The number of rotatable bonds is 4. The van der Waals surface area contributed by atoms with Crippen LogP contribution >= 0.6 is 0 Å². The summed E-state index contributed by atoms with van der Waals surface area (Å²) in [5, 5.41) is 0. The van der Waals surface area contributed by atoms with Crippen LogP contribution in [-0.2, 0) is 11.3 Å². The Balaban J connectivity index is 1.91. The molecule has 1 fully saturated rings. The van der Waals surface area contributed by atoms with E-state index in [4.69, 9.17) is 5.73 Å². The number of nitrogens with zero attached hydrogens (tertiary/aromatic N) is 2. The number of nitrogens with two attached hydrogens (primary N) is 1. The molecule has 2 atom stereocenters. The average Bonchev–Trinajstić information content (AvgIpc) is 2.48. The van der Waals surface area contributed by atoms with E-state index in [1.165, 1.54) is 5.56 Å². The van der Waals surface area contributed by atoms with Crippen LogP contribution in [0.25, 0.3) is 0 Å². The van der Waals surface area contributed by atoms with Gasteiger partial charge in [-0.05, 0) is 25.3 Å². The smallest absolute Gasteiger partial charge is 0.236 e. The van der Waals surface area contributed by atoms with Crippen molar-refractivity contribution in [1.82, 2.24) is 9.80 Å². The molecule has 0 aliphatic carbocycles. The molecule has 0 spiro atoms. The summed E-state index contributed by atoms with van der Waals surface area (Å²) >= 11 is 0. The number of carbonyl (C=O) groups excluding carboxylic acids is 1. The molecule has 1 aliphatic heterocycles. The fourth-order valence-electron chi connectivity index (χ4n) is 2.95. The second kappa shape index (κ2) is 6.86. The van der Waals surface area contributed by atoms with E-state index in [2.05, 4.69) is 36.1 Å². The van der Waals surface area contributed by atoms with Gasteiger partial charge in [-0.15, -0.1) is 0 Å². The van der Waals surface area contributed by atoms with Gasteiger partial charge in [-0.1, -0.05) is 30.3 Å². The Kier molecular flexibility index (Phi) is 5.15. The average molecular weight is 275 g/mol. The van der Waals surface area contributed by atoms with Crippen molar-refractivity contribution >= 4 is 5.91 Å². The highest BCUT2D eigenvalue weighted by Gasteiger charge is 2.29. The number of amides is 1. The van der Waals surface area contributed by atoms with E-state index in [0.29, 0.717) is 12.1 Å². The molecule has 4 heteroatoms. The van der Waals surface area contributed by atoms with Gasteiger partial charge in [0.25, 0.3) is 0 Å². The first-order valence-electron chi connectivity index (χ1n) is 7.35. The molecule has 2 N–H and O–H groups in total. The third kappa shape index (κ3) is 3.58. The lowest BCUT2D eigenvalue weighted by Gasteiger charge is -2.41. The summed E-state index contributed by atoms with van der Waals surface area (Å²) in [6.45, 7) is 4.37. The Morgan fingerprint density at radius 1 is 1.40 bits per heavy atom. The molecule has 110 valence electrons. The normalized spacial score (nSPS) is 23.6. The molecular weight excluding hydrogens is 250 g/mol. The van der Waals surface area contributed by atoms with Crippen LogP contribution in [0.1, 0.15) is 25.3 Å². The van der Waals surface area contributed by atoms with E-state index >= 15 is 0 Å². The van der Waals surface area contributed by atoms with E-state index in [1.54, 1.807) is 0 Å². The number of hydrogen-bond donors (Lipinski definition) is 1. The lowest BCUT2D eigenvalue weighted by Crippen LogP contribution is -2.50. The number of carbonyl (C=O) groups is 1. The van der Waals surface area contributed by atoms with Gasteiger partial charge in [-0.2, -0.15) is 0 Å². The van der Waals surface area contributed by atoms with Crippen molar-refractivity contribution in [2.45, 2.75) is 38.4 Å². The van der Waals surface area contributed by atoms with Crippen molar-refractivity contribution in [1.29, 1.82) is 0 Å². The summed E-state index contributed by atoms with van der Waals surface area (Å²) in [5.74, 6) is 0.0405. The molecule has 2 rings (SSSR count). The summed E-state index contributed by atoms with van der Waals surface area (Å²) in [5.41, 5.74) is 6.79. The van der Waals surface area contributed by atoms with Crippen LogP contribution in [-0.4, -0.2) is 47.9 Å². The van der Waals surface area contributed by atoms with Gasteiger partial charge in [0.05, 0.1) is 6.54 Å². The Morgan fingerprint density at radius 3 is 2.70 bits per heavy atom. The predicted molar refractivity (Wildman–Crippen MR) is 81.2 cm³/mol. The monoisotopic (exact) mass is 275 g/mol. The standard InChI is InChI=1S/C16H25N3O/c1-13-10-15(18(2)16(20)11-17)8-9-19(13)12-14-6-4-3-5-7-14/h3-7,13,15H,8-12,17H2,1-2H3/t13-,15+/m1/s1. The lowest BCUT2D eigenvalue weighted by atomic mass is 9.96. The summed E-state index contributed by atoms with van der Waals surface area (Å²) in [6, 6.07) is 11.4. The van der Waals surface area contributed by atoms with Gasteiger partial charge in [0.15, 0.2) is 0 Å². The topological polar surface area (TPSA) is 49.6 Å². The van der Waals surface area contributed by atoms with Crippen LogP contribution in [0.2, 0.25) is 0 Å². The zero-order valence-corrected chi connectivity index (χ0v) is 12.5. The van der Waals surface area contributed by atoms with Gasteiger partial charge >= 0.3 is 0 Å². The molecule has 0 bridgehead atoms. The Bertz CT molecular complexity index is 435. The molecule has 20 heavy (non-hydrogen) atoms. The van der Waals surface area contributed by atoms with Crippen LogP contribution in [0.15, 0.2) is 30.3 Å². The van der Waals surface area contributed by atoms with Gasteiger partial charge in [-0.25, -0.2) is 0 Å². The van der Waals surface area contributed by atoms with E-state index < -0.39 is 0 Å². The van der Waals surface area contributed by atoms with Gasteiger partial charge in [-0.3, -0.25) is 9.69 Å². The summed E-state index contributed by atoms with van der Waals surface area (Å²) in [4.78, 5) is 16.0. The molecular formula is C16H25N3O. The van der Waals surface area contributed by atoms with E-state index in [1.807, 2.05) is 18.0 Å². The second-order valence-electron chi connectivity index (χ2n) is 5.69. The van der Waals surface area contributed by atoms with Crippen molar-refractivity contribution in [3.8, 4) is 0 Å². The molecule has 0 unspecified atom stereocenters. The molecule has 1 aliphatic rings. The number of likely N-dealkylation sites (tertiary alicyclic amines) is 1. The highest BCUT2D eigenvalue weighted by molar-refractivity contribution is 5.78. The third-order valence-electron chi connectivity index (χ3n) is 4.33. The van der Waals surface area contributed by atoms with Gasteiger partial charge in [0.1, 0.15) is 0 Å². The van der Waals surface area contributed by atoms with Gasteiger partial charge < -0.3 is 10.6 Å².